The van der Waals surface area contributed by atoms with Gasteiger partial charge in [0.2, 0.25) is 0 Å². The molecule has 35 heavy (non-hydrogen) atoms. The molecule has 2 aliphatic heterocycles. The molecule has 0 unspecified atom stereocenters. The number of rotatable bonds is 0. The SMILES string of the molecule is c1ccc2c(c1)Cc1cc3c(cc1-2)Cc1cccc2c1N3c1c(ccc3c1-c1ccccc1C3)C2. The van der Waals surface area contributed by atoms with Crippen molar-refractivity contribution in [2.45, 2.75) is 25.7 Å². The van der Waals surface area contributed by atoms with Crippen LogP contribution in [-0.4, -0.2) is 0 Å². The molecule has 0 fully saturated rings. The third kappa shape index (κ3) is 2.29. The molecule has 0 saturated heterocycles. The minimum Gasteiger partial charge on any atom is -0.309 e. The Morgan fingerprint density at radius 1 is 0.400 bits per heavy atom. The molecule has 0 radical (unpaired) electrons. The first-order valence-electron chi connectivity index (χ1n) is 12.7. The van der Waals surface area contributed by atoms with Crippen LogP contribution in [0.4, 0.5) is 17.1 Å². The Labute approximate surface area is 205 Å². The van der Waals surface area contributed by atoms with E-state index in [2.05, 4.69) is 95.9 Å². The Hall–Kier alpha value is -4.10. The Morgan fingerprint density at radius 2 is 1.00 bits per heavy atom. The van der Waals surface area contributed by atoms with E-state index in [1.54, 1.807) is 0 Å². The molecular weight excluding hydrogens is 422 g/mol. The van der Waals surface area contributed by atoms with Gasteiger partial charge in [0.05, 0.1) is 17.1 Å². The van der Waals surface area contributed by atoms with E-state index in [9.17, 15) is 0 Å². The van der Waals surface area contributed by atoms with E-state index in [4.69, 9.17) is 0 Å². The second-order valence-electron chi connectivity index (χ2n) is 10.5. The number of benzene rings is 5. The van der Waals surface area contributed by atoms with Crippen LogP contribution in [0.3, 0.4) is 0 Å². The normalized spacial score (nSPS) is 14.9. The highest BCUT2D eigenvalue weighted by Crippen LogP contribution is 2.56. The van der Waals surface area contributed by atoms with Crippen LogP contribution in [0.2, 0.25) is 0 Å². The molecule has 0 N–H and O–H groups in total. The summed E-state index contributed by atoms with van der Waals surface area (Å²) in [7, 11) is 0. The van der Waals surface area contributed by atoms with E-state index in [1.165, 1.54) is 83.8 Å². The zero-order valence-electron chi connectivity index (χ0n) is 19.4. The molecule has 5 aromatic carbocycles. The van der Waals surface area contributed by atoms with Crippen molar-refractivity contribution in [1.82, 2.24) is 0 Å². The van der Waals surface area contributed by atoms with Crippen LogP contribution >= 0.6 is 0 Å². The Balaban J connectivity index is 1.35. The lowest BCUT2D eigenvalue weighted by atomic mass is 9.83. The molecule has 0 atom stereocenters. The lowest BCUT2D eigenvalue weighted by Crippen LogP contribution is -2.25. The van der Waals surface area contributed by atoms with Crippen LogP contribution in [0.15, 0.2) is 91.0 Å². The van der Waals surface area contributed by atoms with E-state index in [0.717, 1.165) is 25.7 Å². The fourth-order valence-electron chi connectivity index (χ4n) is 7.19. The summed E-state index contributed by atoms with van der Waals surface area (Å²) in [6, 6.07) is 34.7. The van der Waals surface area contributed by atoms with Crippen molar-refractivity contribution in [3.05, 3.63) is 136 Å². The number of anilines is 3. The maximum atomic E-state index is 2.65. The number of para-hydroxylation sites is 1. The van der Waals surface area contributed by atoms with Crippen LogP contribution in [0.5, 0.6) is 0 Å². The largest absolute Gasteiger partial charge is 0.309 e. The van der Waals surface area contributed by atoms with Gasteiger partial charge < -0.3 is 4.90 Å². The smallest absolute Gasteiger partial charge is 0.0578 e. The standard InChI is InChI=1S/C34H23N/c1-3-10-28-20(6-1)15-26-19-31-27(18-30(26)28)17-24-9-5-8-23-16-25-13-12-22-14-21-7-2-4-11-29(21)32(22)34(25)35(31)33(23)24/h1-13,18-19H,14-17H2. The van der Waals surface area contributed by atoms with E-state index < -0.39 is 0 Å². The summed E-state index contributed by atoms with van der Waals surface area (Å²) in [5.41, 5.74) is 21.6. The van der Waals surface area contributed by atoms with Crippen LogP contribution in [0.25, 0.3) is 22.3 Å². The average molecular weight is 446 g/mol. The van der Waals surface area contributed by atoms with Crippen LogP contribution in [-0.2, 0) is 25.7 Å². The topological polar surface area (TPSA) is 3.24 Å². The maximum Gasteiger partial charge on any atom is 0.0578 e. The lowest BCUT2D eigenvalue weighted by Gasteiger charge is -2.41. The fraction of sp³-hybridized carbons (Fsp3) is 0.118. The highest BCUT2D eigenvalue weighted by atomic mass is 15.2. The minimum atomic E-state index is 1.01. The second kappa shape index (κ2) is 6.31. The molecular formula is C34H23N. The summed E-state index contributed by atoms with van der Waals surface area (Å²) in [4.78, 5) is 2.65. The van der Waals surface area contributed by atoms with Crippen molar-refractivity contribution in [2.24, 2.45) is 0 Å². The minimum absolute atomic E-state index is 1.01. The maximum absolute atomic E-state index is 2.65. The molecule has 4 aliphatic rings. The fourth-order valence-corrected chi connectivity index (χ4v) is 7.19. The molecule has 0 bridgehead atoms. The Bertz CT molecular complexity index is 1760. The first-order chi connectivity index (χ1) is 17.3. The van der Waals surface area contributed by atoms with Crippen LogP contribution in [0, 0.1) is 0 Å². The van der Waals surface area contributed by atoms with Gasteiger partial charge in [0, 0.05) is 18.4 Å². The van der Waals surface area contributed by atoms with Gasteiger partial charge in [-0.05, 0) is 86.2 Å². The molecule has 0 saturated carbocycles. The van der Waals surface area contributed by atoms with Crippen molar-refractivity contribution in [3.63, 3.8) is 0 Å². The summed E-state index contributed by atoms with van der Waals surface area (Å²) < 4.78 is 0. The van der Waals surface area contributed by atoms with Gasteiger partial charge in [0.1, 0.15) is 0 Å². The first-order valence-corrected chi connectivity index (χ1v) is 12.7. The summed E-state index contributed by atoms with van der Waals surface area (Å²) in [5.74, 6) is 0. The van der Waals surface area contributed by atoms with Gasteiger partial charge in [-0.25, -0.2) is 0 Å². The molecule has 2 heterocycles. The Kier molecular flexibility index (Phi) is 3.29. The van der Waals surface area contributed by atoms with Crippen LogP contribution < -0.4 is 4.90 Å². The van der Waals surface area contributed by atoms with Crippen molar-refractivity contribution in [2.75, 3.05) is 4.90 Å². The molecule has 0 amide bonds. The van der Waals surface area contributed by atoms with Gasteiger partial charge in [0.15, 0.2) is 0 Å². The number of fused-ring (bicyclic) bond motifs is 11. The molecule has 0 spiro atoms. The number of hydrogen-bond donors (Lipinski definition) is 0. The van der Waals surface area contributed by atoms with E-state index in [1.807, 2.05) is 0 Å². The summed E-state index contributed by atoms with van der Waals surface area (Å²) in [6.45, 7) is 0. The molecule has 1 heteroatoms. The molecule has 9 rings (SSSR count). The predicted octanol–water partition coefficient (Wildman–Crippen LogP) is 8.11. The summed E-state index contributed by atoms with van der Waals surface area (Å²) in [6.07, 6.45) is 4.08. The zero-order valence-corrected chi connectivity index (χ0v) is 19.4. The zero-order chi connectivity index (χ0) is 22.7. The van der Waals surface area contributed by atoms with Crippen LogP contribution in [0.1, 0.15) is 44.5 Å². The first kappa shape index (κ1) is 18.3. The van der Waals surface area contributed by atoms with Crippen molar-refractivity contribution in [3.8, 4) is 22.3 Å². The molecule has 164 valence electrons. The second-order valence-corrected chi connectivity index (χ2v) is 10.5. The highest BCUT2D eigenvalue weighted by molar-refractivity contribution is 6.00. The van der Waals surface area contributed by atoms with Gasteiger partial charge in [0.25, 0.3) is 0 Å². The van der Waals surface area contributed by atoms with Crippen molar-refractivity contribution in [1.29, 1.82) is 0 Å². The molecule has 1 nitrogen and oxygen atoms in total. The third-order valence-corrected chi connectivity index (χ3v) is 8.66. The van der Waals surface area contributed by atoms with Gasteiger partial charge in [-0.3, -0.25) is 0 Å². The quantitative estimate of drug-likeness (QED) is 0.228. The van der Waals surface area contributed by atoms with Crippen molar-refractivity contribution >= 4 is 17.1 Å². The molecule has 0 aromatic heterocycles. The highest BCUT2D eigenvalue weighted by Gasteiger charge is 2.36. The summed E-state index contributed by atoms with van der Waals surface area (Å²) >= 11 is 0. The monoisotopic (exact) mass is 445 g/mol. The van der Waals surface area contributed by atoms with Gasteiger partial charge in [-0.2, -0.15) is 0 Å². The predicted molar refractivity (Wildman–Crippen MR) is 143 cm³/mol. The molecule has 2 aliphatic carbocycles. The van der Waals surface area contributed by atoms with E-state index in [-0.39, 0.29) is 0 Å². The third-order valence-electron chi connectivity index (χ3n) is 8.66. The molecule has 5 aromatic rings. The lowest BCUT2D eigenvalue weighted by molar-refractivity contribution is 1.01. The number of nitrogens with zero attached hydrogens (tertiary/aromatic N) is 1. The van der Waals surface area contributed by atoms with E-state index >= 15 is 0 Å². The van der Waals surface area contributed by atoms with Crippen molar-refractivity contribution < 1.29 is 0 Å². The summed E-state index contributed by atoms with van der Waals surface area (Å²) in [5, 5.41) is 0. The number of hydrogen-bond acceptors (Lipinski definition) is 1. The van der Waals surface area contributed by atoms with Gasteiger partial charge >= 0.3 is 0 Å². The van der Waals surface area contributed by atoms with Gasteiger partial charge in [-0.15, -0.1) is 0 Å². The Morgan fingerprint density at radius 3 is 1.86 bits per heavy atom. The van der Waals surface area contributed by atoms with Gasteiger partial charge in [-0.1, -0.05) is 78.9 Å². The van der Waals surface area contributed by atoms with E-state index in [0.29, 0.717) is 0 Å². The average Bonchev–Trinajstić information content (AvgIpc) is 3.45.